The molecular formula is C22H32N2O7S. The summed E-state index contributed by atoms with van der Waals surface area (Å²) < 4.78 is 39.1. The normalized spacial score (nSPS) is 22.2. The van der Waals surface area contributed by atoms with Gasteiger partial charge in [-0.15, -0.1) is 0 Å². The van der Waals surface area contributed by atoms with Gasteiger partial charge in [-0.25, -0.2) is 8.42 Å². The number of carbonyl (C=O) groups is 1. The molecule has 1 aliphatic rings. The van der Waals surface area contributed by atoms with Crippen molar-refractivity contribution in [2.75, 3.05) is 40.5 Å². The van der Waals surface area contributed by atoms with Crippen molar-refractivity contribution in [3.63, 3.8) is 0 Å². The molecular weight excluding hydrogens is 436 g/mol. The van der Waals surface area contributed by atoms with Gasteiger partial charge >= 0.3 is 0 Å². The molecule has 1 aliphatic heterocycles. The van der Waals surface area contributed by atoms with E-state index >= 15 is 0 Å². The number of sulfonamides is 1. The first-order valence-electron chi connectivity index (χ1n) is 10.4. The van der Waals surface area contributed by atoms with E-state index in [0.717, 1.165) is 0 Å². The second-order valence-electron chi connectivity index (χ2n) is 8.05. The van der Waals surface area contributed by atoms with Gasteiger partial charge in [-0.3, -0.25) is 4.79 Å². The summed E-state index contributed by atoms with van der Waals surface area (Å²) in [5, 5.41) is 19.1. The third-order valence-electron chi connectivity index (χ3n) is 5.24. The van der Waals surface area contributed by atoms with Crippen LogP contribution in [0.2, 0.25) is 0 Å². The van der Waals surface area contributed by atoms with Crippen molar-refractivity contribution in [3.8, 4) is 17.6 Å². The minimum Gasteiger partial charge on any atom is -0.487 e. The van der Waals surface area contributed by atoms with Crippen molar-refractivity contribution in [1.82, 2.24) is 9.21 Å². The molecule has 1 heterocycles. The fourth-order valence-corrected chi connectivity index (χ4v) is 5.14. The van der Waals surface area contributed by atoms with Crippen LogP contribution >= 0.6 is 0 Å². The number of likely N-dealkylation sites (N-methyl/N-ethyl adjacent to an activating group) is 1. The number of hydrogen-bond acceptors (Lipinski definition) is 7. The standard InChI is InChI=1S/C22H32N2O7S/c1-15-11-24(16(2)13-25)32(28,29)21-9-8-18(7-6-17(3)26)10-19(21)31-20(15)12-23(4)22(27)14-30-5/h8-10,15-17,20,25-26H,11-14H2,1-5H3/t15-,16+,17+,20+/m0/s1. The number of aliphatic hydroxyl groups excluding tert-OH is 2. The second-order valence-corrected chi connectivity index (χ2v) is 9.91. The van der Waals surface area contributed by atoms with E-state index in [-0.39, 0.29) is 48.8 Å². The van der Waals surface area contributed by atoms with Gasteiger partial charge < -0.3 is 24.6 Å². The fourth-order valence-electron chi connectivity index (χ4n) is 3.31. The smallest absolute Gasteiger partial charge is 0.248 e. The summed E-state index contributed by atoms with van der Waals surface area (Å²) in [7, 11) is -0.894. The van der Waals surface area contributed by atoms with Gasteiger partial charge in [-0.1, -0.05) is 18.8 Å². The fraction of sp³-hybridized carbons (Fsp3) is 0.591. The Labute approximate surface area is 190 Å². The molecule has 0 spiro atoms. The third-order valence-corrected chi connectivity index (χ3v) is 7.26. The molecule has 178 valence electrons. The van der Waals surface area contributed by atoms with E-state index in [4.69, 9.17) is 9.47 Å². The first-order valence-corrected chi connectivity index (χ1v) is 11.8. The van der Waals surface area contributed by atoms with Gasteiger partial charge in [0.25, 0.3) is 0 Å². The van der Waals surface area contributed by atoms with Crippen LogP contribution in [-0.2, 0) is 19.6 Å². The Hall–Kier alpha value is -2.16. The number of methoxy groups -OCH3 is 1. The van der Waals surface area contributed by atoms with Crippen LogP contribution in [-0.4, -0.2) is 92.5 Å². The van der Waals surface area contributed by atoms with E-state index in [1.165, 1.54) is 35.4 Å². The number of nitrogens with zero attached hydrogens (tertiary/aromatic N) is 2. The molecule has 1 aromatic carbocycles. The minimum atomic E-state index is -3.96. The number of amides is 1. The largest absolute Gasteiger partial charge is 0.487 e. The number of rotatable bonds is 6. The summed E-state index contributed by atoms with van der Waals surface area (Å²) in [5.74, 6) is 5.01. The van der Waals surface area contributed by atoms with Gasteiger partial charge in [0, 0.05) is 38.2 Å². The summed E-state index contributed by atoms with van der Waals surface area (Å²) in [5.41, 5.74) is 0.484. The molecule has 2 N–H and O–H groups in total. The molecule has 0 bridgehead atoms. The third kappa shape index (κ3) is 6.21. The van der Waals surface area contributed by atoms with E-state index < -0.39 is 28.3 Å². The Bertz CT molecular complexity index is 968. The van der Waals surface area contributed by atoms with Crippen LogP contribution in [0.15, 0.2) is 23.1 Å². The molecule has 32 heavy (non-hydrogen) atoms. The average molecular weight is 469 g/mol. The zero-order valence-electron chi connectivity index (χ0n) is 19.1. The van der Waals surface area contributed by atoms with Crippen LogP contribution in [0, 0.1) is 17.8 Å². The maximum atomic E-state index is 13.4. The maximum absolute atomic E-state index is 13.4. The number of carbonyl (C=O) groups excluding carboxylic acids is 1. The lowest BCUT2D eigenvalue weighted by molar-refractivity contribution is -0.135. The van der Waals surface area contributed by atoms with Crippen molar-refractivity contribution in [3.05, 3.63) is 23.8 Å². The molecule has 0 unspecified atom stereocenters. The van der Waals surface area contributed by atoms with Gasteiger partial charge in [-0.05, 0) is 32.0 Å². The van der Waals surface area contributed by atoms with Crippen LogP contribution in [0.1, 0.15) is 26.3 Å². The first-order chi connectivity index (χ1) is 15.0. The Kier molecular flexibility index (Phi) is 9.07. The quantitative estimate of drug-likeness (QED) is 0.577. The lowest BCUT2D eigenvalue weighted by atomic mass is 10.0. The predicted molar refractivity (Wildman–Crippen MR) is 119 cm³/mol. The van der Waals surface area contributed by atoms with Crippen LogP contribution in [0.3, 0.4) is 0 Å². The zero-order chi connectivity index (χ0) is 24.1. The Morgan fingerprint density at radius 1 is 1.41 bits per heavy atom. The van der Waals surface area contributed by atoms with Gasteiger partial charge in [0.05, 0.1) is 13.2 Å². The van der Waals surface area contributed by atoms with Gasteiger partial charge in [0.2, 0.25) is 15.9 Å². The van der Waals surface area contributed by atoms with E-state index in [9.17, 15) is 23.4 Å². The number of fused-ring (bicyclic) bond motifs is 1. The second kappa shape index (κ2) is 11.1. The summed E-state index contributed by atoms with van der Waals surface area (Å²) in [6.45, 7) is 4.93. The van der Waals surface area contributed by atoms with Gasteiger partial charge in [-0.2, -0.15) is 4.31 Å². The van der Waals surface area contributed by atoms with Crippen molar-refractivity contribution >= 4 is 15.9 Å². The Morgan fingerprint density at radius 3 is 2.69 bits per heavy atom. The minimum absolute atomic E-state index is 0.0387. The highest BCUT2D eigenvalue weighted by atomic mass is 32.2. The molecule has 1 amide bonds. The Morgan fingerprint density at radius 2 is 2.09 bits per heavy atom. The number of ether oxygens (including phenoxy) is 2. The summed E-state index contributed by atoms with van der Waals surface area (Å²) in [4.78, 5) is 13.7. The molecule has 2 rings (SSSR count). The van der Waals surface area contributed by atoms with E-state index in [1.807, 2.05) is 6.92 Å². The van der Waals surface area contributed by atoms with E-state index in [1.54, 1.807) is 20.0 Å². The van der Waals surface area contributed by atoms with Crippen LogP contribution in [0.25, 0.3) is 0 Å². The highest BCUT2D eigenvalue weighted by Crippen LogP contribution is 2.34. The number of benzene rings is 1. The molecule has 0 radical (unpaired) electrons. The van der Waals surface area contributed by atoms with Crippen molar-refractivity contribution in [2.45, 2.75) is 43.9 Å². The summed E-state index contributed by atoms with van der Waals surface area (Å²) in [6.07, 6.45) is -1.36. The molecule has 10 heteroatoms. The van der Waals surface area contributed by atoms with Crippen LogP contribution in [0.4, 0.5) is 0 Å². The lowest BCUT2D eigenvalue weighted by Gasteiger charge is -2.37. The number of hydrogen-bond donors (Lipinski definition) is 2. The molecule has 9 nitrogen and oxygen atoms in total. The van der Waals surface area contributed by atoms with E-state index in [0.29, 0.717) is 5.56 Å². The SMILES string of the molecule is COCC(=O)N(C)C[C@H]1Oc2cc(C#C[C@@H](C)O)ccc2S(=O)(=O)N([C@H](C)CO)C[C@@H]1C. The summed E-state index contributed by atoms with van der Waals surface area (Å²) >= 11 is 0. The molecule has 0 aromatic heterocycles. The van der Waals surface area contributed by atoms with Gasteiger partial charge in [0.1, 0.15) is 29.5 Å². The highest BCUT2D eigenvalue weighted by Gasteiger charge is 2.38. The average Bonchev–Trinajstić information content (AvgIpc) is 2.74. The summed E-state index contributed by atoms with van der Waals surface area (Å²) in [6, 6.07) is 3.84. The molecule has 0 fully saturated rings. The molecule has 0 saturated carbocycles. The van der Waals surface area contributed by atoms with Crippen molar-refractivity contribution < 1.29 is 32.9 Å². The predicted octanol–water partition coefficient (Wildman–Crippen LogP) is 0.292. The topological polar surface area (TPSA) is 117 Å². The zero-order valence-corrected chi connectivity index (χ0v) is 19.9. The Balaban J connectivity index is 2.55. The molecule has 0 aliphatic carbocycles. The lowest BCUT2D eigenvalue weighted by Crippen LogP contribution is -2.50. The van der Waals surface area contributed by atoms with Crippen LogP contribution < -0.4 is 4.74 Å². The monoisotopic (exact) mass is 468 g/mol. The molecule has 0 saturated heterocycles. The van der Waals surface area contributed by atoms with Crippen molar-refractivity contribution in [2.24, 2.45) is 5.92 Å². The highest BCUT2D eigenvalue weighted by molar-refractivity contribution is 7.89. The van der Waals surface area contributed by atoms with Crippen molar-refractivity contribution in [1.29, 1.82) is 0 Å². The maximum Gasteiger partial charge on any atom is 0.248 e. The first kappa shape index (κ1) is 26.1. The van der Waals surface area contributed by atoms with E-state index in [2.05, 4.69) is 11.8 Å². The van der Waals surface area contributed by atoms with Crippen LogP contribution in [0.5, 0.6) is 5.75 Å². The molecule has 4 atom stereocenters. The number of aliphatic hydroxyl groups is 2. The molecule has 1 aromatic rings. The van der Waals surface area contributed by atoms with Gasteiger partial charge in [0.15, 0.2) is 0 Å².